The van der Waals surface area contributed by atoms with Crippen LogP contribution in [-0.2, 0) is 9.53 Å². The molecule has 1 aliphatic carbocycles. The number of ether oxygens (including phenoxy) is 1. The lowest BCUT2D eigenvalue weighted by molar-refractivity contribution is -0.145. The summed E-state index contributed by atoms with van der Waals surface area (Å²) in [6.45, 7) is 2.20. The minimum absolute atomic E-state index is 0.237. The number of rotatable bonds is 5. The fourth-order valence-corrected chi connectivity index (χ4v) is 2.84. The number of esters is 1. The minimum atomic E-state index is -0.456. The molecule has 1 aromatic heterocycles. The molecule has 0 amide bonds. The quantitative estimate of drug-likeness (QED) is 0.841. The van der Waals surface area contributed by atoms with Gasteiger partial charge in [-0.25, -0.2) is 4.79 Å². The third kappa shape index (κ3) is 3.09. The number of halogens is 1. The molecule has 0 bridgehead atoms. The van der Waals surface area contributed by atoms with Crippen molar-refractivity contribution in [1.29, 1.82) is 0 Å². The molecule has 1 N–H and O–H groups in total. The number of carbonyl (C=O) groups is 1. The van der Waals surface area contributed by atoms with Gasteiger partial charge in [-0.05, 0) is 31.9 Å². The fraction of sp³-hybridized carbons (Fsp3) is 0.375. The molecule has 3 rings (SSSR count). The summed E-state index contributed by atoms with van der Waals surface area (Å²) in [6, 6.07) is 7.74. The van der Waals surface area contributed by atoms with Gasteiger partial charge in [0.15, 0.2) is 0 Å². The highest BCUT2D eigenvalue weighted by Crippen LogP contribution is 2.31. The summed E-state index contributed by atoms with van der Waals surface area (Å²) in [7, 11) is 0. The van der Waals surface area contributed by atoms with Gasteiger partial charge in [-0.15, -0.1) is 0 Å². The lowest BCUT2D eigenvalue weighted by Crippen LogP contribution is -2.32. The Labute approximate surface area is 132 Å². The molecule has 0 aliphatic heterocycles. The number of aromatic nitrogens is 1. The Kier molecular flexibility index (Phi) is 4.22. The van der Waals surface area contributed by atoms with Crippen LogP contribution in [0.5, 0.6) is 0 Å². The maximum absolute atomic E-state index is 12.3. The van der Waals surface area contributed by atoms with E-state index in [-0.39, 0.29) is 5.97 Å². The van der Waals surface area contributed by atoms with E-state index in [0.717, 1.165) is 33.8 Å². The summed E-state index contributed by atoms with van der Waals surface area (Å²) >= 11 is 3.53. The zero-order chi connectivity index (χ0) is 14.8. The van der Waals surface area contributed by atoms with Crippen LogP contribution >= 0.6 is 15.9 Å². The summed E-state index contributed by atoms with van der Waals surface area (Å²) < 4.78 is 6.20. The second-order valence-electron chi connectivity index (χ2n) is 5.16. The molecule has 1 unspecified atom stereocenters. The number of fused-ring (bicyclic) bond motifs is 1. The molecular weight excluding hydrogens is 332 g/mol. The number of nitrogens with one attached hydrogen (secondary N) is 1. The van der Waals surface area contributed by atoms with Gasteiger partial charge in [0.25, 0.3) is 0 Å². The van der Waals surface area contributed by atoms with Crippen LogP contribution in [0.1, 0.15) is 31.4 Å². The maximum atomic E-state index is 12.3. The van der Waals surface area contributed by atoms with Crippen molar-refractivity contribution in [2.24, 2.45) is 0 Å². The van der Waals surface area contributed by atoms with Gasteiger partial charge in [0, 0.05) is 27.7 Å². The van der Waals surface area contributed by atoms with Crippen LogP contribution in [0.4, 0.5) is 0 Å². The van der Waals surface area contributed by atoms with E-state index < -0.39 is 6.04 Å². The van der Waals surface area contributed by atoms with Crippen LogP contribution in [0.15, 0.2) is 34.9 Å². The molecule has 1 atom stereocenters. The smallest absolute Gasteiger partial charge is 0.327 e. The van der Waals surface area contributed by atoms with Crippen LogP contribution in [0.3, 0.4) is 0 Å². The number of hydrogen-bond acceptors (Lipinski definition) is 4. The van der Waals surface area contributed by atoms with E-state index in [1.165, 1.54) is 0 Å². The van der Waals surface area contributed by atoms with Crippen molar-refractivity contribution in [2.45, 2.75) is 31.8 Å². The van der Waals surface area contributed by atoms with Gasteiger partial charge >= 0.3 is 5.97 Å². The minimum Gasteiger partial charge on any atom is -0.465 e. The summed E-state index contributed by atoms with van der Waals surface area (Å²) in [5.74, 6) is -0.237. The van der Waals surface area contributed by atoms with Crippen molar-refractivity contribution in [2.75, 3.05) is 6.61 Å². The van der Waals surface area contributed by atoms with Crippen molar-refractivity contribution in [3.63, 3.8) is 0 Å². The van der Waals surface area contributed by atoms with Gasteiger partial charge < -0.3 is 4.74 Å². The fourth-order valence-electron chi connectivity index (χ4n) is 2.39. The van der Waals surface area contributed by atoms with E-state index in [2.05, 4.69) is 26.2 Å². The number of pyridine rings is 1. The molecule has 1 heterocycles. The molecule has 1 aliphatic rings. The highest BCUT2D eigenvalue weighted by Gasteiger charge is 2.31. The Bertz CT molecular complexity index is 670. The van der Waals surface area contributed by atoms with E-state index in [1.807, 2.05) is 31.2 Å². The second kappa shape index (κ2) is 6.12. The lowest BCUT2D eigenvalue weighted by atomic mass is 10.0. The molecule has 110 valence electrons. The number of hydrogen-bond donors (Lipinski definition) is 1. The Hall–Kier alpha value is -1.46. The Morgan fingerprint density at radius 3 is 3.00 bits per heavy atom. The maximum Gasteiger partial charge on any atom is 0.327 e. The Morgan fingerprint density at radius 2 is 2.29 bits per heavy atom. The third-order valence-corrected chi connectivity index (χ3v) is 4.25. The van der Waals surface area contributed by atoms with E-state index in [9.17, 15) is 4.79 Å². The number of carbonyl (C=O) groups excluding carboxylic acids is 1. The zero-order valence-corrected chi connectivity index (χ0v) is 13.4. The summed E-state index contributed by atoms with van der Waals surface area (Å²) in [5.41, 5.74) is 1.71. The molecule has 5 heteroatoms. The van der Waals surface area contributed by atoms with Crippen LogP contribution in [0, 0.1) is 0 Å². The average molecular weight is 349 g/mol. The molecule has 0 saturated heterocycles. The molecule has 0 radical (unpaired) electrons. The normalized spacial score (nSPS) is 15.9. The Balaban J connectivity index is 2.05. The van der Waals surface area contributed by atoms with Crippen molar-refractivity contribution < 1.29 is 9.53 Å². The average Bonchev–Trinajstić information content (AvgIpc) is 3.30. The van der Waals surface area contributed by atoms with E-state index in [4.69, 9.17) is 4.74 Å². The van der Waals surface area contributed by atoms with E-state index in [1.54, 1.807) is 6.20 Å². The van der Waals surface area contributed by atoms with Gasteiger partial charge in [-0.2, -0.15) is 0 Å². The summed E-state index contributed by atoms with van der Waals surface area (Å²) in [5, 5.41) is 4.38. The molecule has 21 heavy (non-hydrogen) atoms. The standard InChI is InChI=1S/C16H17BrN2O2/c1-2-21-16(20)15(19-10-5-6-10)12-7-8-13(17)11-4-3-9-18-14(11)12/h3-4,7-10,15,19H,2,5-6H2,1H3. The summed E-state index contributed by atoms with van der Waals surface area (Å²) in [6.07, 6.45) is 3.97. The van der Waals surface area contributed by atoms with Crippen LogP contribution in [0.25, 0.3) is 10.9 Å². The second-order valence-corrected chi connectivity index (χ2v) is 6.02. The first-order valence-electron chi connectivity index (χ1n) is 7.16. The van der Waals surface area contributed by atoms with E-state index >= 15 is 0 Å². The van der Waals surface area contributed by atoms with Crippen molar-refractivity contribution in [1.82, 2.24) is 10.3 Å². The largest absolute Gasteiger partial charge is 0.465 e. The molecule has 0 spiro atoms. The lowest BCUT2D eigenvalue weighted by Gasteiger charge is -2.19. The van der Waals surface area contributed by atoms with Gasteiger partial charge in [-0.3, -0.25) is 10.3 Å². The predicted molar refractivity (Wildman–Crippen MR) is 85.0 cm³/mol. The highest BCUT2D eigenvalue weighted by atomic mass is 79.9. The van der Waals surface area contributed by atoms with Gasteiger partial charge in [0.2, 0.25) is 0 Å². The molecule has 4 nitrogen and oxygen atoms in total. The SMILES string of the molecule is CCOC(=O)C(NC1CC1)c1ccc(Br)c2cccnc12. The zero-order valence-electron chi connectivity index (χ0n) is 11.8. The van der Waals surface area contributed by atoms with Gasteiger partial charge in [-0.1, -0.05) is 28.1 Å². The van der Waals surface area contributed by atoms with Gasteiger partial charge in [0.05, 0.1) is 12.1 Å². The number of nitrogens with zero attached hydrogens (tertiary/aromatic N) is 1. The van der Waals surface area contributed by atoms with E-state index in [0.29, 0.717) is 12.6 Å². The van der Waals surface area contributed by atoms with Crippen LogP contribution < -0.4 is 5.32 Å². The van der Waals surface area contributed by atoms with Crippen LogP contribution in [-0.4, -0.2) is 23.6 Å². The van der Waals surface area contributed by atoms with Crippen molar-refractivity contribution in [3.05, 3.63) is 40.5 Å². The van der Waals surface area contributed by atoms with Crippen molar-refractivity contribution >= 4 is 32.8 Å². The molecule has 1 fully saturated rings. The third-order valence-electron chi connectivity index (χ3n) is 3.56. The first-order valence-corrected chi connectivity index (χ1v) is 7.96. The summed E-state index contributed by atoms with van der Waals surface area (Å²) in [4.78, 5) is 16.8. The first-order chi connectivity index (χ1) is 10.2. The molecule has 1 aromatic carbocycles. The first kappa shape index (κ1) is 14.5. The monoisotopic (exact) mass is 348 g/mol. The van der Waals surface area contributed by atoms with Crippen LogP contribution in [0.2, 0.25) is 0 Å². The molecule has 2 aromatic rings. The predicted octanol–water partition coefficient (Wildman–Crippen LogP) is 3.35. The Morgan fingerprint density at radius 1 is 1.48 bits per heavy atom. The topological polar surface area (TPSA) is 51.2 Å². The number of benzene rings is 1. The molecule has 1 saturated carbocycles. The molecular formula is C16H17BrN2O2. The van der Waals surface area contributed by atoms with Gasteiger partial charge in [0.1, 0.15) is 6.04 Å². The van der Waals surface area contributed by atoms with Crippen molar-refractivity contribution in [3.8, 4) is 0 Å². The highest BCUT2D eigenvalue weighted by molar-refractivity contribution is 9.10.